The number of aromatic nitrogens is 3. The first-order valence-electron chi connectivity index (χ1n) is 12.7. The van der Waals surface area contributed by atoms with Crippen LogP contribution in [0.1, 0.15) is 78.3 Å². The molecule has 2 aromatic carbocycles. The van der Waals surface area contributed by atoms with Crippen molar-refractivity contribution in [2.24, 2.45) is 0 Å². The van der Waals surface area contributed by atoms with E-state index in [0.29, 0.717) is 17.8 Å². The molecule has 186 valence electrons. The maximum absolute atomic E-state index is 12.2. The molecule has 0 unspecified atom stereocenters. The van der Waals surface area contributed by atoms with E-state index < -0.39 is 12.1 Å². The van der Waals surface area contributed by atoms with Crippen LogP contribution in [0.25, 0.3) is 0 Å². The molecule has 1 aliphatic heterocycles. The molecule has 0 spiro atoms. The number of unbranched alkanes of at least 4 members (excludes halogenated alkanes) is 3. The number of carbonyl (C=O) groups excluding carboxylic acids is 1. The molecule has 7 nitrogen and oxygen atoms in total. The predicted octanol–water partition coefficient (Wildman–Crippen LogP) is 4.87. The van der Waals surface area contributed by atoms with Gasteiger partial charge in [-0.2, -0.15) is 0 Å². The number of piperidine rings is 1. The maximum atomic E-state index is 12.2. The van der Waals surface area contributed by atoms with Crippen LogP contribution in [0.3, 0.4) is 0 Å². The molecule has 1 saturated heterocycles. The van der Waals surface area contributed by atoms with E-state index in [-0.39, 0.29) is 18.7 Å². The third-order valence-corrected chi connectivity index (χ3v) is 6.79. The molecule has 0 radical (unpaired) electrons. The molecule has 1 aromatic heterocycles. The Balaban J connectivity index is 1.44. The van der Waals surface area contributed by atoms with Crippen LogP contribution in [-0.2, 0) is 11.3 Å². The van der Waals surface area contributed by atoms with E-state index >= 15 is 0 Å². The maximum Gasteiger partial charge on any atom is 0.338 e. The van der Waals surface area contributed by atoms with Gasteiger partial charge in [-0.25, -0.2) is 9.48 Å². The zero-order chi connectivity index (χ0) is 24.6. The fraction of sp³-hybridized carbons (Fsp3) is 0.464. The highest BCUT2D eigenvalue weighted by Gasteiger charge is 2.36. The summed E-state index contributed by atoms with van der Waals surface area (Å²) in [5, 5.41) is 19.6. The second kappa shape index (κ2) is 12.1. The van der Waals surface area contributed by atoms with Crippen LogP contribution in [0.5, 0.6) is 0 Å². The summed E-state index contributed by atoms with van der Waals surface area (Å²) >= 11 is 0. The van der Waals surface area contributed by atoms with Gasteiger partial charge in [0.05, 0.1) is 23.9 Å². The fourth-order valence-electron chi connectivity index (χ4n) is 4.77. The van der Waals surface area contributed by atoms with Gasteiger partial charge in [0, 0.05) is 12.6 Å². The van der Waals surface area contributed by atoms with Crippen LogP contribution < -0.4 is 0 Å². The Kier molecular flexibility index (Phi) is 8.66. The van der Waals surface area contributed by atoms with Gasteiger partial charge in [-0.05, 0) is 44.0 Å². The Labute approximate surface area is 207 Å². The van der Waals surface area contributed by atoms with Crippen molar-refractivity contribution < 1.29 is 14.6 Å². The SMILES string of the molecule is CCCCCCN1C[C@H](O)[C@@H](n2cc(COC(=O)c3ccccc3)nn2)C[C@@H]1c1ccc(C)cc1. The van der Waals surface area contributed by atoms with Gasteiger partial charge in [0.2, 0.25) is 0 Å². The molecule has 0 saturated carbocycles. The number of aryl methyl sites for hydroxylation is 1. The summed E-state index contributed by atoms with van der Waals surface area (Å²) in [6, 6.07) is 17.6. The van der Waals surface area contributed by atoms with Gasteiger partial charge >= 0.3 is 5.97 Å². The van der Waals surface area contributed by atoms with Gasteiger partial charge in [0.25, 0.3) is 0 Å². The highest BCUT2D eigenvalue weighted by Crippen LogP contribution is 2.37. The minimum Gasteiger partial charge on any atom is -0.455 e. The second-order valence-corrected chi connectivity index (χ2v) is 9.48. The van der Waals surface area contributed by atoms with Crippen LogP contribution in [-0.4, -0.2) is 50.2 Å². The zero-order valence-electron chi connectivity index (χ0n) is 20.7. The quantitative estimate of drug-likeness (QED) is 0.332. The number of carbonyl (C=O) groups is 1. The van der Waals surface area contributed by atoms with Crippen LogP contribution >= 0.6 is 0 Å². The number of aliphatic hydroxyl groups is 1. The first-order valence-corrected chi connectivity index (χ1v) is 12.7. The molecule has 3 atom stereocenters. The number of likely N-dealkylation sites (tertiary alicyclic amines) is 1. The summed E-state index contributed by atoms with van der Waals surface area (Å²) in [4.78, 5) is 14.7. The summed E-state index contributed by atoms with van der Waals surface area (Å²) in [7, 11) is 0. The number of rotatable bonds is 10. The van der Waals surface area contributed by atoms with Crippen molar-refractivity contribution in [2.75, 3.05) is 13.1 Å². The van der Waals surface area contributed by atoms with E-state index in [1.807, 2.05) is 6.07 Å². The summed E-state index contributed by atoms with van der Waals surface area (Å²) in [6.45, 7) is 5.93. The largest absolute Gasteiger partial charge is 0.455 e. The van der Waals surface area contributed by atoms with Gasteiger partial charge in [0.15, 0.2) is 0 Å². The number of hydrogen-bond acceptors (Lipinski definition) is 6. The Hall–Kier alpha value is -3.03. The van der Waals surface area contributed by atoms with E-state index in [2.05, 4.69) is 53.3 Å². The van der Waals surface area contributed by atoms with E-state index in [1.54, 1.807) is 35.1 Å². The molecular formula is C28H36N4O3. The minimum atomic E-state index is -0.552. The van der Waals surface area contributed by atoms with Crippen molar-refractivity contribution in [3.63, 3.8) is 0 Å². The predicted molar refractivity (Wildman–Crippen MR) is 135 cm³/mol. The molecule has 0 bridgehead atoms. The van der Waals surface area contributed by atoms with Gasteiger partial charge in [0.1, 0.15) is 12.3 Å². The summed E-state index contributed by atoms with van der Waals surface area (Å²) in [5.74, 6) is -0.393. The van der Waals surface area contributed by atoms with Crippen molar-refractivity contribution in [2.45, 2.75) is 70.7 Å². The van der Waals surface area contributed by atoms with E-state index in [1.165, 1.54) is 30.4 Å². The van der Waals surface area contributed by atoms with Crippen LogP contribution in [0, 0.1) is 6.92 Å². The van der Waals surface area contributed by atoms with E-state index in [9.17, 15) is 9.90 Å². The number of aliphatic hydroxyl groups excluding tert-OH is 1. The zero-order valence-corrected chi connectivity index (χ0v) is 20.7. The third kappa shape index (κ3) is 6.55. The third-order valence-electron chi connectivity index (χ3n) is 6.79. The van der Waals surface area contributed by atoms with Crippen LogP contribution in [0.4, 0.5) is 0 Å². The van der Waals surface area contributed by atoms with Gasteiger partial charge in [-0.1, -0.05) is 79.4 Å². The lowest BCUT2D eigenvalue weighted by Crippen LogP contribution is -2.46. The average Bonchev–Trinajstić information content (AvgIpc) is 3.35. The topological polar surface area (TPSA) is 80.5 Å². The highest BCUT2D eigenvalue weighted by atomic mass is 16.5. The van der Waals surface area contributed by atoms with Crippen molar-refractivity contribution in [3.05, 3.63) is 83.2 Å². The molecule has 0 amide bonds. The first-order chi connectivity index (χ1) is 17.0. The Morgan fingerprint density at radius 1 is 1.09 bits per heavy atom. The molecule has 3 aromatic rings. The van der Waals surface area contributed by atoms with Crippen LogP contribution in [0.15, 0.2) is 60.8 Å². The van der Waals surface area contributed by atoms with Crippen molar-refractivity contribution in [3.8, 4) is 0 Å². The van der Waals surface area contributed by atoms with Crippen molar-refractivity contribution >= 4 is 5.97 Å². The Morgan fingerprint density at radius 2 is 1.86 bits per heavy atom. The lowest BCUT2D eigenvalue weighted by atomic mass is 9.89. The van der Waals surface area contributed by atoms with Crippen LogP contribution in [0.2, 0.25) is 0 Å². The average molecular weight is 477 g/mol. The van der Waals surface area contributed by atoms with Crippen molar-refractivity contribution in [1.82, 2.24) is 19.9 Å². The number of nitrogens with zero attached hydrogens (tertiary/aromatic N) is 4. The smallest absolute Gasteiger partial charge is 0.338 e. The molecular weight excluding hydrogens is 440 g/mol. The number of benzene rings is 2. The Bertz CT molecular complexity index is 1070. The normalized spacial score (nSPS) is 20.6. The molecule has 1 N–H and O–H groups in total. The van der Waals surface area contributed by atoms with Gasteiger partial charge < -0.3 is 9.84 Å². The van der Waals surface area contributed by atoms with Crippen molar-refractivity contribution in [1.29, 1.82) is 0 Å². The van der Waals surface area contributed by atoms with Gasteiger partial charge in [-0.3, -0.25) is 4.90 Å². The number of β-amino-alcohol motifs (C(OH)–C–C–N with tert-alkyl or cyclic N) is 1. The summed E-state index contributed by atoms with van der Waals surface area (Å²) in [6.07, 6.45) is 6.77. The summed E-state index contributed by atoms with van der Waals surface area (Å²) in [5.41, 5.74) is 3.57. The minimum absolute atomic E-state index is 0.0431. The Morgan fingerprint density at radius 3 is 2.60 bits per heavy atom. The molecule has 4 rings (SSSR count). The monoisotopic (exact) mass is 476 g/mol. The molecule has 1 fully saturated rings. The number of esters is 1. The standard InChI is InChI=1S/C28H36N4O3/c1-3-4-5-9-16-31-19-27(33)26(17-25(31)22-14-12-21(2)13-15-22)32-18-24(29-30-32)20-35-28(34)23-10-7-6-8-11-23/h6-8,10-15,18,25-27,33H,3-5,9,16-17,19-20H2,1-2H3/t25-,26+,27+/m1/s1. The van der Waals surface area contributed by atoms with E-state index in [4.69, 9.17) is 4.74 Å². The highest BCUT2D eigenvalue weighted by molar-refractivity contribution is 5.89. The first kappa shape index (κ1) is 25.1. The molecule has 2 heterocycles. The second-order valence-electron chi connectivity index (χ2n) is 9.48. The lowest BCUT2D eigenvalue weighted by molar-refractivity contribution is -0.0102. The fourth-order valence-corrected chi connectivity index (χ4v) is 4.77. The molecule has 35 heavy (non-hydrogen) atoms. The summed E-state index contributed by atoms with van der Waals surface area (Å²) < 4.78 is 7.14. The molecule has 7 heteroatoms. The van der Waals surface area contributed by atoms with E-state index in [0.717, 1.165) is 19.4 Å². The van der Waals surface area contributed by atoms with Gasteiger partial charge in [-0.15, -0.1) is 5.10 Å². The number of hydrogen-bond donors (Lipinski definition) is 1. The molecule has 0 aliphatic carbocycles. The lowest BCUT2D eigenvalue weighted by Gasteiger charge is -2.42. The molecule has 1 aliphatic rings. The number of ether oxygens (including phenoxy) is 1.